The molecule has 1 aromatic carbocycles. The van der Waals surface area contributed by atoms with E-state index in [-0.39, 0.29) is 11.5 Å². The molecule has 0 aliphatic heterocycles. The molecule has 0 saturated heterocycles. The predicted octanol–water partition coefficient (Wildman–Crippen LogP) is 3.44. The molecular formula is C15H21NO2S. The van der Waals surface area contributed by atoms with Crippen molar-refractivity contribution in [2.45, 2.75) is 44.8 Å². The molecule has 0 bridgehead atoms. The monoisotopic (exact) mass is 279 g/mol. The number of sulfone groups is 1. The van der Waals surface area contributed by atoms with Gasteiger partial charge in [0.2, 0.25) is 0 Å². The van der Waals surface area contributed by atoms with E-state index in [0.29, 0.717) is 11.1 Å². The average molecular weight is 279 g/mol. The van der Waals surface area contributed by atoms with Crippen LogP contribution in [0, 0.1) is 11.3 Å². The predicted molar refractivity (Wildman–Crippen MR) is 77.4 cm³/mol. The van der Waals surface area contributed by atoms with E-state index in [4.69, 9.17) is 5.26 Å². The van der Waals surface area contributed by atoms with E-state index in [1.807, 2.05) is 6.07 Å². The first-order valence-electron chi connectivity index (χ1n) is 6.77. The molecule has 4 heteroatoms. The van der Waals surface area contributed by atoms with Crippen LogP contribution in [-0.4, -0.2) is 14.2 Å². The summed E-state index contributed by atoms with van der Waals surface area (Å²) in [7, 11) is -3.11. The number of rotatable bonds is 8. The average Bonchev–Trinajstić information content (AvgIpc) is 2.38. The highest BCUT2D eigenvalue weighted by molar-refractivity contribution is 7.90. The molecule has 0 unspecified atom stereocenters. The van der Waals surface area contributed by atoms with Crippen LogP contribution in [-0.2, 0) is 15.6 Å². The Bertz CT molecular complexity index is 529. The van der Waals surface area contributed by atoms with Crippen LogP contribution >= 0.6 is 0 Å². The smallest absolute Gasteiger partial charge is 0.154 e. The van der Waals surface area contributed by atoms with Crippen molar-refractivity contribution in [3.8, 4) is 6.07 Å². The maximum Gasteiger partial charge on any atom is 0.154 e. The third-order valence-corrected chi connectivity index (χ3v) is 4.73. The van der Waals surface area contributed by atoms with Gasteiger partial charge in [0.15, 0.2) is 9.84 Å². The zero-order valence-corrected chi connectivity index (χ0v) is 12.2. The fourth-order valence-electron chi connectivity index (χ4n) is 1.99. The summed E-state index contributed by atoms with van der Waals surface area (Å²) in [6, 6.07) is 8.93. The van der Waals surface area contributed by atoms with Crippen LogP contribution in [0.4, 0.5) is 0 Å². The molecule has 0 fully saturated rings. The van der Waals surface area contributed by atoms with Crippen LogP contribution in [0.3, 0.4) is 0 Å². The first-order chi connectivity index (χ1) is 9.09. The normalized spacial score (nSPS) is 11.2. The molecule has 0 aliphatic carbocycles. The quantitative estimate of drug-likeness (QED) is 0.685. The molecule has 1 rings (SSSR count). The lowest BCUT2D eigenvalue weighted by Gasteiger charge is -2.06. The molecule has 0 aliphatic rings. The first kappa shape index (κ1) is 15.7. The topological polar surface area (TPSA) is 57.9 Å². The Morgan fingerprint density at radius 1 is 1.11 bits per heavy atom. The van der Waals surface area contributed by atoms with Gasteiger partial charge in [-0.3, -0.25) is 0 Å². The lowest BCUT2D eigenvalue weighted by atomic mass is 10.1. The van der Waals surface area contributed by atoms with Gasteiger partial charge in [0, 0.05) is 0 Å². The van der Waals surface area contributed by atoms with Crippen LogP contribution in [0.15, 0.2) is 24.3 Å². The van der Waals surface area contributed by atoms with Gasteiger partial charge in [0.25, 0.3) is 0 Å². The van der Waals surface area contributed by atoms with Crippen molar-refractivity contribution < 1.29 is 8.42 Å². The minimum atomic E-state index is -3.11. The summed E-state index contributed by atoms with van der Waals surface area (Å²) in [5, 5.41) is 8.94. The van der Waals surface area contributed by atoms with Gasteiger partial charge in [0.1, 0.15) is 0 Å². The zero-order valence-electron chi connectivity index (χ0n) is 11.4. The second-order valence-electron chi connectivity index (χ2n) is 4.78. The minimum absolute atomic E-state index is 0.0233. The van der Waals surface area contributed by atoms with E-state index in [1.54, 1.807) is 24.3 Å². The van der Waals surface area contributed by atoms with Crippen molar-refractivity contribution in [3.63, 3.8) is 0 Å². The van der Waals surface area contributed by atoms with Crippen LogP contribution in [0.5, 0.6) is 0 Å². The molecule has 19 heavy (non-hydrogen) atoms. The molecule has 0 atom stereocenters. The van der Waals surface area contributed by atoms with E-state index in [1.165, 1.54) is 0 Å². The van der Waals surface area contributed by atoms with Gasteiger partial charge >= 0.3 is 0 Å². The number of hydrogen-bond acceptors (Lipinski definition) is 3. The number of benzene rings is 1. The third kappa shape index (κ3) is 5.89. The fraction of sp³-hybridized carbons (Fsp3) is 0.533. The molecule has 0 aromatic heterocycles. The Morgan fingerprint density at radius 3 is 2.47 bits per heavy atom. The lowest BCUT2D eigenvalue weighted by Crippen LogP contribution is -2.10. The molecule has 0 amide bonds. The highest BCUT2D eigenvalue weighted by Gasteiger charge is 2.13. The Morgan fingerprint density at radius 2 is 1.79 bits per heavy atom. The second-order valence-corrected chi connectivity index (χ2v) is 6.96. The summed E-state index contributed by atoms with van der Waals surface area (Å²) in [5.41, 5.74) is 1.07. The maximum absolute atomic E-state index is 12.0. The molecule has 104 valence electrons. The van der Waals surface area contributed by atoms with Crippen molar-refractivity contribution >= 4 is 9.84 Å². The molecule has 0 heterocycles. The first-order valence-corrected chi connectivity index (χ1v) is 8.59. The van der Waals surface area contributed by atoms with E-state index < -0.39 is 9.84 Å². The van der Waals surface area contributed by atoms with Gasteiger partial charge in [0.05, 0.1) is 23.1 Å². The number of nitrogens with zero attached hydrogens (tertiary/aromatic N) is 1. The van der Waals surface area contributed by atoms with Crippen molar-refractivity contribution in [2.24, 2.45) is 0 Å². The van der Waals surface area contributed by atoms with E-state index in [0.717, 1.165) is 32.1 Å². The molecule has 1 aromatic rings. The summed E-state index contributed by atoms with van der Waals surface area (Å²) in [5.74, 6) is 0.195. The summed E-state index contributed by atoms with van der Waals surface area (Å²) < 4.78 is 24.0. The number of unbranched alkanes of at least 4 members (excludes halogenated alkanes) is 4. The molecule has 0 N–H and O–H groups in total. The van der Waals surface area contributed by atoms with E-state index in [9.17, 15) is 8.42 Å². The Hall–Kier alpha value is -1.34. The SMILES string of the molecule is CCCCCCCS(=O)(=O)Cc1ccccc1C#N. The lowest BCUT2D eigenvalue weighted by molar-refractivity contribution is 0.586. The summed E-state index contributed by atoms with van der Waals surface area (Å²) in [6.45, 7) is 2.13. The fourth-order valence-corrected chi connectivity index (χ4v) is 3.50. The minimum Gasteiger partial charge on any atom is -0.228 e. The van der Waals surface area contributed by atoms with Crippen LogP contribution in [0.2, 0.25) is 0 Å². The largest absolute Gasteiger partial charge is 0.228 e. The van der Waals surface area contributed by atoms with Crippen molar-refractivity contribution in [3.05, 3.63) is 35.4 Å². The Balaban J connectivity index is 2.53. The zero-order chi connectivity index (χ0) is 14.1. The van der Waals surface area contributed by atoms with Gasteiger partial charge in [-0.1, -0.05) is 50.8 Å². The number of hydrogen-bond donors (Lipinski definition) is 0. The number of nitriles is 1. The standard InChI is InChI=1S/C15H21NO2S/c1-2-3-4-5-8-11-19(17,18)13-15-10-7-6-9-14(15)12-16/h6-7,9-10H,2-5,8,11,13H2,1H3. The van der Waals surface area contributed by atoms with E-state index >= 15 is 0 Å². The third-order valence-electron chi connectivity index (χ3n) is 3.07. The van der Waals surface area contributed by atoms with Crippen molar-refractivity contribution in [1.29, 1.82) is 5.26 Å². The molecule has 0 spiro atoms. The summed E-state index contributed by atoms with van der Waals surface area (Å²) in [6.07, 6.45) is 5.10. The van der Waals surface area contributed by atoms with Gasteiger partial charge in [-0.05, 0) is 18.1 Å². The van der Waals surface area contributed by atoms with Crippen molar-refractivity contribution in [2.75, 3.05) is 5.75 Å². The Labute approximate surface area is 116 Å². The van der Waals surface area contributed by atoms with E-state index in [2.05, 4.69) is 6.92 Å². The second kappa shape index (κ2) is 7.96. The Kier molecular flexibility index (Phi) is 6.58. The highest BCUT2D eigenvalue weighted by Crippen LogP contribution is 2.13. The molecule has 3 nitrogen and oxygen atoms in total. The van der Waals surface area contributed by atoms with Crippen molar-refractivity contribution in [1.82, 2.24) is 0 Å². The van der Waals surface area contributed by atoms with Crippen LogP contribution in [0.1, 0.15) is 50.2 Å². The van der Waals surface area contributed by atoms with Gasteiger partial charge < -0.3 is 0 Å². The molecule has 0 saturated carbocycles. The summed E-state index contributed by atoms with van der Waals surface area (Å²) in [4.78, 5) is 0. The summed E-state index contributed by atoms with van der Waals surface area (Å²) >= 11 is 0. The highest BCUT2D eigenvalue weighted by atomic mass is 32.2. The molecule has 0 radical (unpaired) electrons. The van der Waals surface area contributed by atoms with Crippen LogP contribution in [0.25, 0.3) is 0 Å². The van der Waals surface area contributed by atoms with Gasteiger partial charge in [-0.25, -0.2) is 8.42 Å². The van der Waals surface area contributed by atoms with Gasteiger partial charge in [-0.15, -0.1) is 0 Å². The van der Waals surface area contributed by atoms with Crippen LogP contribution < -0.4 is 0 Å². The van der Waals surface area contributed by atoms with Gasteiger partial charge in [-0.2, -0.15) is 5.26 Å². The molecular weight excluding hydrogens is 258 g/mol. The maximum atomic E-state index is 12.0.